The van der Waals surface area contributed by atoms with Gasteiger partial charge >= 0.3 is 0 Å². The molecule has 0 saturated carbocycles. The molecule has 0 aliphatic carbocycles. The Balaban J connectivity index is 3.01. The molecule has 16 heavy (non-hydrogen) atoms. The Morgan fingerprint density at radius 2 is 1.62 bits per heavy atom. The van der Waals surface area contributed by atoms with E-state index in [1.807, 2.05) is 13.8 Å². The van der Waals surface area contributed by atoms with Crippen molar-refractivity contribution in [3.8, 4) is 0 Å². The molecule has 0 bridgehead atoms. The Labute approximate surface area is 99.5 Å². The molecule has 1 N–H and O–H groups in total. The zero-order chi connectivity index (χ0) is 12.6. The molecule has 1 nitrogen and oxygen atoms in total. The minimum atomic E-state index is -0.631. The number of rotatable bonds is 2. The van der Waals surface area contributed by atoms with Crippen LogP contribution in [0.3, 0.4) is 0 Å². The van der Waals surface area contributed by atoms with Gasteiger partial charge < -0.3 is 5.11 Å². The third kappa shape index (κ3) is 3.64. The van der Waals surface area contributed by atoms with Crippen molar-refractivity contribution in [1.82, 2.24) is 0 Å². The highest BCUT2D eigenvalue weighted by atomic mass is 16.3. The molecular formula is C15H24O. The first kappa shape index (κ1) is 13.2. The second-order valence-electron chi connectivity index (χ2n) is 6.38. The normalized spacial score (nSPS) is 12.9. The van der Waals surface area contributed by atoms with Gasteiger partial charge in [-0.1, -0.05) is 39.0 Å². The summed E-state index contributed by atoms with van der Waals surface area (Å²) >= 11 is 0. The molecule has 0 heterocycles. The lowest BCUT2D eigenvalue weighted by atomic mass is 9.84. The molecule has 0 atom stereocenters. The fourth-order valence-corrected chi connectivity index (χ4v) is 1.83. The monoisotopic (exact) mass is 220 g/mol. The van der Waals surface area contributed by atoms with Crippen molar-refractivity contribution < 1.29 is 5.11 Å². The van der Waals surface area contributed by atoms with E-state index in [0.29, 0.717) is 6.42 Å². The van der Waals surface area contributed by atoms with Crippen molar-refractivity contribution in [1.29, 1.82) is 0 Å². The zero-order valence-corrected chi connectivity index (χ0v) is 11.4. The van der Waals surface area contributed by atoms with Crippen LogP contribution in [0.1, 0.15) is 51.3 Å². The fraction of sp³-hybridized carbons (Fsp3) is 0.600. The first-order valence-corrected chi connectivity index (χ1v) is 5.92. The Morgan fingerprint density at radius 1 is 1.06 bits per heavy atom. The predicted molar refractivity (Wildman–Crippen MR) is 69.9 cm³/mol. The van der Waals surface area contributed by atoms with Gasteiger partial charge in [0.25, 0.3) is 0 Å². The maximum absolute atomic E-state index is 9.82. The van der Waals surface area contributed by atoms with Crippen LogP contribution in [0.5, 0.6) is 0 Å². The summed E-state index contributed by atoms with van der Waals surface area (Å²) in [6.45, 7) is 12.5. The van der Waals surface area contributed by atoms with Crippen LogP contribution in [-0.2, 0) is 11.8 Å². The number of hydrogen-bond donors (Lipinski definition) is 1. The van der Waals surface area contributed by atoms with Crippen molar-refractivity contribution in [2.45, 2.75) is 59.0 Å². The van der Waals surface area contributed by atoms with E-state index >= 15 is 0 Å². The second-order valence-corrected chi connectivity index (χ2v) is 6.38. The summed E-state index contributed by atoms with van der Waals surface area (Å²) in [6.07, 6.45) is 0.712. The molecule has 0 saturated heterocycles. The number of benzene rings is 1. The molecule has 90 valence electrons. The van der Waals surface area contributed by atoms with Crippen molar-refractivity contribution >= 4 is 0 Å². The van der Waals surface area contributed by atoms with Crippen LogP contribution in [0, 0.1) is 6.92 Å². The summed E-state index contributed by atoms with van der Waals surface area (Å²) in [5.41, 5.74) is 3.42. The third-order valence-corrected chi connectivity index (χ3v) is 2.83. The zero-order valence-electron chi connectivity index (χ0n) is 11.4. The average molecular weight is 220 g/mol. The van der Waals surface area contributed by atoms with Crippen molar-refractivity contribution in [3.05, 3.63) is 34.9 Å². The summed E-state index contributed by atoms with van der Waals surface area (Å²) in [4.78, 5) is 0. The van der Waals surface area contributed by atoms with Crippen LogP contribution in [0.4, 0.5) is 0 Å². The lowest BCUT2D eigenvalue weighted by molar-refractivity contribution is 0.0808. The SMILES string of the molecule is Cc1cc(C(C)(C)C)ccc1CC(C)(C)O. The predicted octanol–water partition coefficient (Wildman–Crippen LogP) is 3.61. The number of aliphatic hydroxyl groups is 1. The van der Waals surface area contributed by atoms with Crippen molar-refractivity contribution in [3.63, 3.8) is 0 Å². The van der Waals surface area contributed by atoms with E-state index in [4.69, 9.17) is 0 Å². The molecule has 0 amide bonds. The minimum absolute atomic E-state index is 0.192. The van der Waals surface area contributed by atoms with Crippen LogP contribution in [0.2, 0.25) is 0 Å². The Hall–Kier alpha value is -0.820. The summed E-state index contributed by atoms with van der Waals surface area (Å²) in [6, 6.07) is 6.56. The van der Waals surface area contributed by atoms with Crippen LogP contribution >= 0.6 is 0 Å². The Morgan fingerprint density at radius 3 is 2.00 bits per heavy atom. The Bertz CT molecular complexity index is 364. The summed E-state index contributed by atoms with van der Waals surface area (Å²) in [5.74, 6) is 0. The van der Waals surface area contributed by atoms with Gasteiger partial charge in [0.1, 0.15) is 0 Å². The molecule has 0 fully saturated rings. The highest BCUT2D eigenvalue weighted by molar-refractivity contribution is 5.35. The number of hydrogen-bond acceptors (Lipinski definition) is 1. The van der Waals surface area contributed by atoms with E-state index in [9.17, 15) is 5.11 Å². The van der Waals surface area contributed by atoms with Crippen LogP contribution in [0.25, 0.3) is 0 Å². The van der Waals surface area contributed by atoms with Crippen molar-refractivity contribution in [2.24, 2.45) is 0 Å². The molecule has 1 aromatic rings. The topological polar surface area (TPSA) is 20.2 Å². The van der Waals surface area contributed by atoms with Crippen LogP contribution in [0.15, 0.2) is 18.2 Å². The molecule has 0 aliphatic heterocycles. The standard InChI is InChI=1S/C15H24O/c1-11-9-13(14(2,3)4)8-7-12(11)10-15(5,6)16/h7-9,16H,10H2,1-6H3. The van der Waals surface area contributed by atoms with Gasteiger partial charge in [0.05, 0.1) is 5.60 Å². The van der Waals surface area contributed by atoms with E-state index in [1.165, 1.54) is 16.7 Å². The van der Waals surface area contributed by atoms with Gasteiger partial charge in [0.15, 0.2) is 0 Å². The fourth-order valence-electron chi connectivity index (χ4n) is 1.83. The maximum Gasteiger partial charge on any atom is 0.0632 e. The average Bonchev–Trinajstić information content (AvgIpc) is 2.04. The lowest BCUT2D eigenvalue weighted by Gasteiger charge is -2.23. The molecule has 0 radical (unpaired) electrons. The van der Waals surface area contributed by atoms with E-state index in [0.717, 1.165) is 0 Å². The molecule has 0 unspecified atom stereocenters. The van der Waals surface area contributed by atoms with Gasteiger partial charge in [0.2, 0.25) is 0 Å². The molecule has 0 aromatic heterocycles. The third-order valence-electron chi connectivity index (χ3n) is 2.83. The van der Waals surface area contributed by atoms with Gasteiger partial charge in [-0.25, -0.2) is 0 Å². The minimum Gasteiger partial charge on any atom is -0.390 e. The van der Waals surface area contributed by atoms with Gasteiger partial charge in [-0.2, -0.15) is 0 Å². The van der Waals surface area contributed by atoms with Gasteiger partial charge in [-0.15, -0.1) is 0 Å². The first-order valence-electron chi connectivity index (χ1n) is 5.92. The van der Waals surface area contributed by atoms with Crippen molar-refractivity contribution in [2.75, 3.05) is 0 Å². The highest BCUT2D eigenvalue weighted by Crippen LogP contribution is 2.25. The molecule has 1 aromatic carbocycles. The Kier molecular flexibility index (Phi) is 3.49. The van der Waals surface area contributed by atoms with E-state index < -0.39 is 5.60 Å². The second kappa shape index (κ2) is 4.21. The lowest BCUT2D eigenvalue weighted by Crippen LogP contribution is -2.22. The molecule has 0 spiro atoms. The first-order chi connectivity index (χ1) is 7.09. The smallest absolute Gasteiger partial charge is 0.0632 e. The van der Waals surface area contributed by atoms with Crippen LogP contribution in [-0.4, -0.2) is 10.7 Å². The quantitative estimate of drug-likeness (QED) is 0.807. The van der Waals surface area contributed by atoms with E-state index in [2.05, 4.69) is 45.9 Å². The molecular weight excluding hydrogens is 196 g/mol. The van der Waals surface area contributed by atoms with E-state index in [1.54, 1.807) is 0 Å². The summed E-state index contributed by atoms with van der Waals surface area (Å²) < 4.78 is 0. The van der Waals surface area contributed by atoms with Crippen LogP contribution < -0.4 is 0 Å². The number of aryl methyl sites for hydroxylation is 1. The van der Waals surface area contributed by atoms with Gasteiger partial charge in [-0.3, -0.25) is 0 Å². The largest absolute Gasteiger partial charge is 0.390 e. The molecule has 1 rings (SSSR count). The summed E-state index contributed by atoms with van der Waals surface area (Å²) in [5, 5.41) is 9.82. The molecule has 1 heteroatoms. The summed E-state index contributed by atoms with van der Waals surface area (Å²) in [7, 11) is 0. The van der Waals surface area contributed by atoms with Gasteiger partial charge in [-0.05, 0) is 42.9 Å². The van der Waals surface area contributed by atoms with E-state index in [-0.39, 0.29) is 5.41 Å². The molecule has 0 aliphatic rings. The highest BCUT2D eigenvalue weighted by Gasteiger charge is 2.17. The van der Waals surface area contributed by atoms with Gasteiger partial charge in [0, 0.05) is 6.42 Å². The maximum atomic E-state index is 9.82.